The van der Waals surface area contributed by atoms with Crippen LogP contribution >= 0.6 is 0 Å². The Morgan fingerprint density at radius 1 is 1.26 bits per heavy atom. The summed E-state index contributed by atoms with van der Waals surface area (Å²) in [5.74, 6) is -0.218. The lowest BCUT2D eigenvalue weighted by Crippen LogP contribution is -2.51. The van der Waals surface area contributed by atoms with E-state index in [9.17, 15) is 13.2 Å². The molecule has 0 radical (unpaired) electrons. The van der Waals surface area contributed by atoms with Crippen LogP contribution in [-0.4, -0.2) is 57.4 Å². The van der Waals surface area contributed by atoms with Gasteiger partial charge in [-0.25, -0.2) is 18.1 Å². The average molecular weight is 340 g/mol. The molecule has 23 heavy (non-hydrogen) atoms. The van der Waals surface area contributed by atoms with Crippen LogP contribution in [0.15, 0.2) is 23.4 Å². The topological polar surface area (TPSA) is 91.4 Å². The monoisotopic (exact) mass is 340 g/mol. The standard InChI is InChI=1S/C15H24N4O3S/c1-16-23(21,22)14-9-8-11(10-17-14)15(20)18-12-6-4-5-7-13(12)19(2)3/h8-10,12-13,16H,4-7H2,1-3H3,(H,18,20)/t12-,13-/m1/s1. The fourth-order valence-corrected chi connectivity index (χ4v) is 3.58. The third kappa shape index (κ3) is 4.27. The molecular weight excluding hydrogens is 316 g/mol. The van der Waals surface area contributed by atoms with Crippen molar-refractivity contribution in [1.29, 1.82) is 0 Å². The van der Waals surface area contributed by atoms with Crippen molar-refractivity contribution in [2.45, 2.75) is 42.8 Å². The number of hydrogen-bond acceptors (Lipinski definition) is 5. The second-order valence-corrected chi connectivity index (χ2v) is 7.82. The predicted molar refractivity (Wildman–Crippen MR) is 87.7 cm³/mol. The summed E-state index contributed by atoms with van der Waals surface area (Å²) >= 11 is 0. The molecule has 1 saturated carbocycles. The summed E-state index contributed by atoms with van der Waals surface area (Å²) in [6.45, 7) is 0. The van der Waals surface area contributed by atoms with Gasteiger partial charge in [0, 0.05) is 18.3 Å². The molecule has 1 fully saturated rings. The van der Waals surface area contributed by atoms with Gasteiger partial charge in [-0.1, -0.05) is 12.8 Å². The van der Waals surface area contributed by atoms with Gasteiger partial charge in [-0.2, -0.15) is 0 Å². The third-order valence-electron chi connectivity index (χ3n) is 4.25. The number of pyridine rings is 1. The van der Waals surface area contributed by atoms with Crippen LogP contribution in [0.3, 0.4) is 0 Å². The highest BCUT2D eigenvalue weighted by atomic mass is 32.2. The number of sulfonamides is 1. The Hall–Kier alpha value is -1.51. The maximum Gasteiger partial charge on any atom is 0.257 e. The van der Waals surface area contributed by atoms with Crippen LogP contribution in [0.4, 0.5) is 0 Å². The highest BCUT2D eigenvalue weighted by Gasteiger charge is 2.28. The summed E-state index contributed by atoms with van der Waals surface area (Å²) in [5.41, 5.74) is 0.364. The van der Waals surface area contributed by atoms with Gasteiger partial charge < -0.3 is 10.2 Å². The Morgan fingerprint density at radius 2 is 1.96 bits per heavy atom. The minimum Gasteiger partial charge on any atom is -0.348 e. The third-order valence-corrected chi connectivity index (χ3v) is 5.58. The molecular formula is C15H24N4O3S. The van der Waals surface area contributed by atoms with E-state index in [4.69, 9.17) is 0 Å². The van der Waals surface area contributed by atoms with E-state index in [1.807, 2.05) is 14.1 Å². The first-order chi connectivity index (χ1) is 10.8. The van der Waals surface area contributed by atoms with E-state index in [0.717, 1.165) is 19.3 Å². The number of carbonyl (C=O) groups is 1. The van der Waals surface area contributed by atoms with Crippen molar-refractivity contribution in [3.63, 3.8) is 0 Å². The maximum atomic E-state index is 12.4. The van der Waals surface area contributed by atoms with E-state index >= 15 is 0 Å². The van der Waals surface area contributed by atoms with Crippen molar-refractivity contribution < 1.29 is 13.2 Å². The summed E-state index contributed by atoms with van der Waals surface area (Å²) in [5, 5.41) is 2.96. The van der Waals surface area contributed by atoms with Gasteiger partial charge in [0.2, 0.25) is 0 Å². The molecule has 2 N–H and O–H groups in total. The number of amides is 1. The zero-order valence-corrected chi connectivity index (χ0v) is 14.6. The van der Waals surface area contributed by atoms with Gasteiger partial charge in [0.15, 0.2) is 5.03 Å². The maximum absolute atomic E-state index is 12.4. The molecule has 0 aromatic carbocycles. The molecule has 8 heteroatoms. The fourth-order valence-electron chi connectivity index (χ4n) is 2.93. The number of nitrogens with zero attached hydrogens (tertiary/aromatic N) is 2. The van der Waals surface area contributed by atoms with Crippen LogP contribution in [0.1, 0.15) is 36.0 Å². The Bertz CT molecular complexity index is 643. The summed E-state index contributed by atoms with van der Waals surface area (Å²) < 4.78 is 25.5. The van der Waals surface area contributed by atoms with Gasteiger partial charge >= 0.3 is 0 Å². The average Bonchev–Trinajstić information content (AvgIpc) is 2.55. The second kappa shape index (κ2) is 7.37. The van der Waals surface area contributed by atoms with Gasteiger partial charge in [0.25, 0.3) is 15.9 Å². The van der Waals surface area contributed by atoms with Crippen molar-refractivity contribution in [3.8, 4) is 0 Å². The van der Waals surface area contributed by atoms with Crippen LogP contribution in [0.25, 0.3) is 0 Å². The molecule has 0 saturated heterocycles. The molecule has 1 aliphatic carbocycles. The van der Waals surface area contributed by atoms with Crippen molar-refractivity contribution in [2.24, 2.45) is 0 Å². The Labute approximate surface area is 137 Å². The lowest BCUT2D eigenvalue weighted by atomic mass is 9.89. The zero-order valence-electron chi connectivity index (χ0n) is 13.7. The van der Waals surface area contributed by atoms with Crippen molar-refractivity contribution in [2.75, 3.05) is 21.1 Å². The number of likely N-dealkylation sites (N-methyl/N-ethyl adjacent to an activating group) is 1. The normalized spacial score (nSPS) is 22.1. The number of hydrogen-bond donors (Lipinski definition) is 2. The Kier molecular flexibility index (Phi) is 5.72. The quantitative estimate of drug-likeness (QED) is 0.819. The molecule has 2 atom stereocenters. The van der Waals surface area contributed by atoms with Crippen LogP contribution in [0.5, 0.6) is 0 Å². The van der Waals surface area contributed by atoms with E-state index in [1.54, 1.807) is 0 Å². The van der Waals surface area contributed by atoms with Crippen molar-refractivity contribution in [1.82, 2.24) is 19.9 Å². The molecule has 1 amide bonds. The fraction of sp³-hybridized carbons (Fsp3) is 0.600. The van der Waals surface area contributed by atoms with Crippen molar-refractivity contribution in [3.05, 3.63) is 23.9 Å². The lowest BCUT2D eigenvalue weighted by molar-refractivity contribution is 0.0882. The molecule has 1 heterocycles. The Morgan fingerprint density at radius 3 is 2.52 bits per heavy atom. The van der Waals surface area contributed by atoms with Gasteiger partial charge in [-0.15, -0.1) is 0 Å². The summed E-state index contributed by atoms with van der Waals surface area (Å²) in [4.78, 5) is 18.4. The molecule has 0 unspecified atom stereocenters. The number of rotatable bonds is 5. The molecule has 0 bridgehead atoms. The molecule has 2 rings (SSSR count). The highest BCUT2D eigenvalue weighted by molar-refractivity contribution is 7.89. The van der Waals surface area contributed by atoms with E-state index in [2.05, 4.69) is 19.9 Å². The molecule has 128 valence electrons. The van der Waals surface area contributed by atoms with Gasteiger partial charge in [-0.3, -0.25) is 4.79 Å². The lowest BCUT2D eigenvalue weighted by Gasteiger charge is -2.36. The minimum absolute atomic E-state index is 0.0969. The molecule has 1 aromatic rings. The first-order valence-corrected chi connectivity index (χ1v) is 9.20. The van der Waals surface area contributed by atoms with E-state index in [1.165, 1.54) is 31.8 Å². The predicted octanol–water partition coefficient (Wildman–Crippen LogP) is 0.592. The highest BCUT2D eigenvalue weighted by Crippen LogP contribution is 2.22. The number of carbonyl (C=O) groups excluding carboxylic acids is 1. The van der Waals surface area contributed by atoms with Crippen molar-refractivity contribution >= 4 is 15.9 Å². The van der Waals surface area contributed by atoms with Crippen LogP contribution in [0.2, 0.25) is 0 Å². The van der Waals surface area contributed by atoms with Gasteiger partial charge in [0.05, 0.1) is 5.56 Å². The molecule has 1 aromatic heterocycles. The van der Waals surface area contributed by atoms with E-state index in [0.29, 0.717) is 11.6 Å². The minimum atomic E-state index is -3.59. The Balaban J connectivity index is 2.08. The SMILES string of the molecule is CNS(=O)(=O)c1ccc(C(=O)N[C@@H]2CCCC[C@H]2N(C)C)cn1. The number of aromatic nitrogens is 1. The molecule has 1 aliphatic rings. The zero-order chi connectivity index (χ0) is 17.0. The van der Waals surface area contributed by atoms with Gasteiger partial charge in [-0.05, 0) is 46.1 Å². The second-order valence-electron chi connectivity index (χ2n) is 5.99. The smallest absolute Gasteiger partial charge is 0.257 e. The van der Waals surface area contributed by atoms with Crippen LogP contribution in [-0.2, 0) is 10.0 Å². The summed E-state index contributed by atoms with van der Waals surface area (Å²) in [6.07, 6.45) is 5.59. The number of nitrogens with one attached hydrogen (secondary N) is 2. The van der Waals surface area contributed by atoms with E-state index in [-0.39, 0.29) is 17.0 Å². The first-order valence-electron chi connectivity index (χ1n) is 7.72. The molecule has 0 aliphatic heterocycles. The molecule has 7 nitrogen and oxygen atoms in total. The van der Waals surface area contributed by atoms with E-state index < -0.39 is 10.0 Å². The first kappa shape index (κ1) is 17.8. The van der Waals surface area contributed by atoms with Crippen LogP contribution in [0, 0.1) is 0 Å². The summed E-state index contributed by atoms with van der Waals surface area (Å²) in [7, 11) is 1.78. The largest absolute Gasteiger partial charge is 0.348 e. The van der Waals surface area contributed by atoms with Gasteiger partial charge in [0.1, 0.15) is 0 Å². The van der Waals surface area contributed by atoms with Crippen LogP contribution < -0.4 is 10.0 Å². The summed E-state index contributed by atoms with van der Waals surface area (Å²) in [6, 6.07) is 3.25. The molecule has 0 spiro atoms.